The average molecular weight is 205 g/mol. The van der Waals surface area contributed by atoms with Gasteiger partial charge in [-0.05, 0) is 31.9 Å². The van der Waals surface area contributed by atoms with Crippen LogP contribution in [0, 0.1) is 0 Å². The van der Waals surface area contributed by atoms with E-state index in [4.69, 9.17) is 0 Å². The predicted octanol–water partition coefficient (Wildman–Crippen LogP) is 3.40. The molecule has 1 heteroatoms. The molecule has 0 aliphatic heterocycles. The molecule has 1 N–H and O–H groups in total. The number of hydrogen-bond acceptors (Lipinski definition) is 1. The Morgan fingerprint density at radius 3 is 2.47 bits per heavy atom. The van der Waals surface area contributed by atoms with Crippen LogP contribution >= 0.6 is 0 Å². The fraction of sp³-hybridized carbons (Fsp3) is 0.571. The van der Waals surface area contributed by atoms with E-state index in [9.17, 15) is 0 Å². The molecule has 0 radical (unpaired) electrons. The van der Waals surface area contributed by atoms with E-state index in [-0.39, 0.29) is 0 Å². The summed E-state index contributed by atoms with van der Waals surface area (Å²) in [7, 11) is 2.07. The molecule has 0 aromatic heterocycles. The van der Waals surface area contributed by atoms with Gasteiger partial charge in [-0.2, -0.15) is 0 Å². The molecule has 0 spiro atoms. The molecule has 0 saturated carbocycles. The van der Waals surface area contributed by atoms with Crippen molar-refractivity contribution >= 4 is 0 Å². The largest absolute Gasteiger partial charge is 0.317 e. The first-order valence-corrected chi connectivity index (χ1v) is 6.08. The quantitative estimate of drug-likeness (QED) is 0.719. The minimum atomic E-state index is 0.685. The fourth-order valence-corrected chi connectivity index (χ4v) is 1.87. The Balaban J connectivity index is 2.28. The third-order valence-corrected chi connectivity index (χ3v) is 2.94. The minimum Gasteiger partial charge on any atom is -0.317 e. The molecular weight excluding hydrogens is 182 g/mol. The van der Waals surface area contributed by atoms with E-state index in [2.05, 4.69) is 49.6 Å². The second-order valence-electron chi connectivity index (χ2n) is 4.15. The van der Waals surface area contributed by atoms with Crippen molar-refractivity contribution in [2.24, 2.45) is 0 Å². The first kappa shape index (κ1) is 12.3. The Morgan fingerprint density at radius 1 is 1.13 bits per heavy atom. The molecular formula is C14H23N. The third kappa shape index (κ3) is 4.98. The van der Waals surface area contributed by atoms with Crippen LogP contribution in [-0.2, 0) is 6.42 Å². The summed E-state index contributed by atoms with van der Waals surface area (Å²) in [6.07, 6.45) is 6.38. The monoisotopic (exact) mass is 205 g/mol. The van der Waals surface area contributed by atoms with E-state index in [1.807, 2.05) is 0 Å². The van der Waals surface area contributed by atoms with Crippen LogP contribution in [0.3, 0.4) is 0 Å². The minimum absolute atomic E-state index is 0.685. The van der Waals surface area contributed by atoms with Crippen molar-refractivity contribution in [1.29, 1.82) is 0 Å². The van der Waals surface area contributed by atoms with Gasteiger partial charge < -0.3 is 5.32 Å². The maximum atomic E-state index is 3.41. The van der Waals surface area contributed by atoms with Crippen LogP contribution < -0.4 is 5.32 Å². The molecule has 15 heavy (non-hydrogen) atoms. The molecule has 0 bridgehead atoms. The highest BCUT2D eigenvalue weighted by molar-refractivity contribution is 5.14. The van der Waals surface area contributed by atoms with E-state index in [0.29, 0.717) is 6.04 Å². The topological polar surface area (TPSA) is 12.0 Å². The highest BCUT2D eigenvalue weighted by atomic mass is 14.9. The predicted molar refractivity (Wildman–Crippen MR) is 67.1 cm³/mol. The van der Waals surface area contributed by atoms with E-state index in [1.54, 1.807) is 0 Å². The molecule has 1 aromatic carbocycles. The van der Waals surface area contributed by atoms with Crippen LogP contribution in [0.15, 0.2) is 30.3 Å². The van der Waals surface area contributed by atoms with E-state index < -0.39 is 0 Å². The fourth-order valence-electron chi connectivity index (χ4n) is 1.87. The Hall–Kier alpha value is -0.820. The zero-order valence-corrected chi connectivity index (χ0v) is 10.00. The first-order valence-electron chi connectivity index (χ1n) is 6.08. The maximum absolute atomic E-state index is 3.41. The third-order valence-electron chi connectivity index (χ3n) is 2.94. The lowest BCUT2D eigenvalue weighted by molar-refractivity contribution is 0.471. The summed E-state index contributed by atoms with van der Waals surface area (Å²) in [6, 6.07) is 11.4. The van der Waals surface area contributed by atoms with Crippen molar-refractivity contribution in [3.63, 3.8) is 0 Å². The maximum Gasteiger partial charge on any atom is 0.00672 e. The first-order chi connectivity index (χ1) is 7.36. The van der Waals surface area contributed by atoms with Gasteiger partial charge in [-0.15, -0.1) is 0 Å². The van der Waals surface area contributed by atoms with Gasteiger partial charge in [-0.1, -0.05) is 50.1 Å². The molecule has 0 fully saturated rings. The average Bonchev–Trinajstić information content (AvgIpc) is 2.31. The molecule has 1 nitrogen and oxygen atoms in total. The lowest BCUT2D eigenvalue weighted by Gasteiger charge is -2.15. The smallest absolute Gasteiger partial charge is 0.00672 e. The molecule has 0 amide bonds. The van der Waals surface area contributed by atoms with Crippen molar-refractivity contribution in [1.82, 2.24) is 5.32 Å². The Morgan fingerprint density at radius 2 is 1.87 bits per heavy atom. The summed E-state index contributed by atoms with van der Waals surface area (Å²) in [5.41, 5.74) is 1.45. The van der Waals surface area contributed by atoms with Crippen molar-refractivity contribution in [2.45, 2.75) is 45.1 Å². The molecule has 1 rings (SSSR count). The molecule has 0 saturated heterocycles. The van der Waals surface area contributed by atoms with Gasteiger partial charge in [0.25, 0.3) is 0 Å². The number of unbranched alkanes of at least 4 members (excludes halogenated alkanes) is 1. The molecule has 0 heterocycles. The van der Waals surface area contributed by atoms with Gasteiger partial charge in [-0.3, -0.25) is 0 Å². The lowest BCUT2D eigenvalue weighted by atomic mass is 10.0. The summed E-state index contributed by atoms with van der Waals surface area (Å²) in [5.74, 6) is 0. The van der Waals surface area contributed by atoms with Crippen molar-refractivity contribution in [3.05, 3.63) is 35.9 Å². The van der Waals surface area contributed by atoms with Gasteiger partial charge in [0, 0.05) is 6.04 Å². The summed E-state index contributed by atoms with van der Waals surface area (Å²) in [6.45, 7) is 2.25. The highest BCUT2D eigenvalue weighted by Gasteiger charge is 2.04. The van der Waals surface area contributed by atoms with Crippen LogP contribution in [0.5, 0.6) is 0 Å². The summed E-state index contributed by atoms with van der Waals surface area (Å²) < 4.78 is 0. The van der Waals surface area contributed by atoms with Gasteiger partial charge >= 0.3 is 0 Å². The lowest BCUT2D eigenvalue weighted by Crippen LogP contribution is -2.25. The van der Waals surface area contributed by atoms with Crippen LogP contribution in [0.2, 0.25) is 0 Å². The van der Waals surface area contributed by atoms with Gasteiger partial charge in [-0.25, -0.2) is 0 Å². The second kappa shape index (κ2) is 7.47. The molecule has 0 aliphatic carbocycles. The number of rotatable bonds is 7. The number of benzene rings is 1. The van der Waals surface area contributed by atoms with Gasteiger partial charge in [0.05, 0.1) is 0 Å². The van der Waals surface area contributed by atoms with E-state index in [0.717, 1.165) is 0 Å². The van der Waals surface area contributed by atoms with Gasteiger partial charge in [0.15, 0.2) is 0 Å². The zero-order chi connectivity index (χ0) is 10.9. The van der Waals surface area contributed by atoms with E-state index in [1.165, 1.54) is 37.7 Å². The molecule has 84 valence electrons. The van der Waals surface area contributed by atoms with Gasteiger partial charge in [0.1, 0.15) is 0 Å². The Labute approximate surface area is 93.9 Å². The normalized spacial score (nSPS) is 12.7. The van der Waals surface area contributed by atoms with Crippen LogP contribution in [-0.4, -0.2) is 13.1 Å². The van der Waals surface area contributed by atoms with Crippen molar-refractivity contribution in [3.8, 4) is 0 Å². The second-order valence-corrected chi connectivity index (χ2v) is 4.15. The Bertz CT molecular complexity index is 243. The number of hydrogen-bond donors (Lipinski definition) is 1. The summed E-state index contributed by atoms with van der Waals surface area (Å²) >= 11 is 0. The zero-order valence-electron chi connectivity index (χ0n) is 10.00. The summed E-state index contributed by atoms with van der Waals surface area (Å²) in [5, 5.41) is 3.41. The molecule has 1 unspecified atom stereocenters. The van der Waals surface area contributed by atoms with Crippen LogP contribution in [0.1, 0.15) is 38.2 Å². The Kier molecular flexibility index (Phi) is 6.10. The van der Waals surface area contributed by atoms with Crippen molar-refractivity contribution in [2.75, 3.05) is 7.05 Å². The van der Waals surface area contributed by atoms with Crippen LogP contribution in [0.25, 0.3) is 0 Å². The SMILES string of the molecule is CCCCC(CCc1ccccc1)NC. The van der Waals surface area contributed by atoms with Gasteiger partial charge in [0.2, 0.25) is 0 Å². The molecule has 1 aromatic rings. The number of aryl methyl sites for hydroxylation is 1. The molecule has 1 atom stereocenters. The standard InChI is InChI=1S/C14H23N/c1-3-4-10-14(15-2)12-11-13-8-6-5-7-9-13/h5-9,14-15H,3-4,10-12H2,1-2H3. The van der Waals surface area contributed by atoms with Crippen molar-refractivity contribution < 1.29 is 0 Å². The highest BCUT2D eigenvalue weighted by Crippen LogP contribution is 2.09. The van der Waals surface area contributed by atoms with E-state index >= 15 is 0 Å². The number of nitrogens with one attached hydrogen (secondary N) is 1. The summed E-state index contributed by atoms with van der Waals surface area (Å²) in [4.78, 5) is 0. The van der Waals surface area contributed by atoms with Crippen LogP contribution in [0.4, 0.5) is 0 Å². The molecule has 0 aliphatic rings.